The summed E-state index contributed by atoms with van der Waals surface area (Å²) in [7, 11) is 0. The molecule has 0 aliphatic carbocycles. The van der Waals surface area contributed by atoms with Gasteiger partial charge in [-0.2, -0.15) is 0 Å². The van der Waals surface area contributed by atoms with Crippen molar-refractivity contribution in [1.29, 1.82) is 0 Å². The zero-order chi connectivity index (χ0) is 15.7. The highest BCUT2D eigenvalue weighted by Gasteiger charge is 2.48. The van der Waals surface area contributed by atoms with E-state index >= 15 is 0 Å². The zero-order valence-electron chi connectivity index (χ0n) is 12.5. The Bertz CT molecular complexity index is 601. The van der Waals surface area contributed by atoms with Crippen LogP contribution >= 0.6 is 11.6 Å². The molecule has 2 fully saturated rings. The molecule has 1 N–H and O–H groups in total. The van der Waals surface area contributed by atoms with Crippen LogP contribution in [-0.4, -0.2) is 36.1 Å². The van der Waals surface area contributed by atoms with Crippen LogP contribution in [0.25, 0.3) is 0 Å². The van der Waals surface area contributed by atoms with Crippen molar-refractivity contribution < 1.29 is 14.3 Å². The number of hydrogen-bond acceptors (Lipinski definition) is 3. The lowest BCUT2D eigenvalue weighted by Gasteiger charge is -2.22. The van der Waals surface area contributed by atoms with Gasteiger partial charge in [0, 0.05) is 18.2 Å². The largest absolute Gasteiger partial charge is 0.378 e. The van der Waals surface area contributed by atoms with Crippen LogP contribution < -0.4 is 5.32 Å². The van der Waals surface area contributed by atoms with Gasteiger partial charge in [-0.15, -0.1) is 0 Å². The summed E-state index contributed by atoms with van der Waals surface area (Å²) in [4.78, 5) is 26.2. The van der Waals surface area contributed by atoms with Crippen molar-refractivity contribution in [3.05, 3.63) is 34.9 Å². The molecule has 5 nitrogen and oxygen atoms in total. The first-order valence-electron chi connectivity index (χ1n) is 7.52. The second-order valence-corrected chi connectivity index (χ2v) is 6.38. The lowest BCUT2D eigenvalue weighted by atomic mass is 9.92. The van der Waals surface area contributed by atoms with E-state index in [1.807, 2.05) is 0 Å². The van der Waals surface area contributed by atoms with Crippen molar-refractivity contribution in [2.45, 2.75) is 37.8 Å². The van der Waals surface area contributed by atoms with E-state index in [-0.39, 0.29) is 18.0 Å². The highest BCUT2D eigenvalue weighted by molar-refractivity contribution is 6.30. The van der Waals surface area contributed by atoms with E-state index in [4.69, 9.17) is 16.3 Å². The number of ether oxygens (including phenoxy) is 1. The minimum atomic E-state index is -1.06. The summed E-state index contributed by atoms with van der Waals surface area (Å²) in [6, 6.07) is 6.67. The third kappa shape index (κ3) is 2.71. The highest BCUT2D eigenvalue weighted by Crippen LogP contribution is 2.30. The number of benzene rings is 1. The standard InChI is InChI=1S/C16H19ClN2O3/c1-16(11-4-2-5-12(17)10-11)14(20)19(15(21)18-16)8-7-13-6-3-9-22-13/h2,4-5,10,13H,3,6-9H2,1H3,(H,18,21)/t13-,16-/m0/s1. The smallest absolute Gasteiger partial charge is 0.325 e. The van der Waals surface area contributed by atoms with Gasteiger partial charge >= 0.3 is 6.03 Å². The van der Waals surface area contributed by atoms with Gasteiger partial charge in [-0.25, -0.2) is 4.79 Å². The molecule has 2 atom stereocenters. The maximum Gasteiger partial charge on any atom is 0.325 e. The molecule has 6 heteroatoms. The van der Waals surface area contributed by atoms with Gasteiger partial charge < -0.3 is 10.1 Å². The molecule has 0 aromatic heterocycles. The summed E-state index contributed by atoms with van der Waals surface area (Å²) in [6.07, 6.45) is 2.88. The Morgan fingerprint density at radius 2 is 2.27 bits per heavy atom. The van der Waals surface area contributed by atoms with Crippen molar-refractivity contribution in [3.8, 4) is 0 Å². The van der Waals surface area contributed by atoms with Crippen molar-refractivity contribution in [2.24, 2.45) is 0 Å². The van der Waals surface area contributed by atoms with Crippen LogP contribution in [0.3, 0.4) is 0 Å². The number of rotatable bonds is 4. The molecule has 3 amide bonds. The quantitative estimate of drug-likeness (QED) is 0.867. The van der Waals surface area contributed by atoms with Gasteiger partial charge in [0.2, 0.25) is 0 Å². The number of amides is 3. The molecule has 1 aromatic rings. The van der Waals surface area contributed by atoms with E-state index < -0.39 is 5.54 Å². The van der Waals surface area contributed by atoms with Gasteiger partial charge in [0.1, 0.15) is 5.54 Å². The van der Waals surface area contributed by atoms with E-state index in [1.54, 1.807) is 31.2 Å². The minimum Gasteiger partial charge on any atom is -0.378 e. The molecule has 0 radical (unpaired) electrons. The van der Waals surface area contributed by atoms with Crippen LogP contribution in [-0.2, 0) is 15.1 Å². The van der Waals surface area contributed by atoms with Crippen molar-refractivity contribution in [3.63, 3.8) is 0 Å². The molecule has 118 valence electrons. The normalized spacial score (nSPS) is 28.3. The molecule has 2 saturated heterocycles. The van der Waals surface area contributed by atoms with Crippen molar-refractivity contribution in [1.82, 2.24) is 10.2 Å². The molecule has 0 saturated carbocycles. The molecule has 2 heterocycles. The number of carbonyl (C=O) groups is 2. The highest BCUT2D eigenvalue weighted by atomic mass is 35.5. The number of carbonyl (C=O) groups excluding carboxylic acids is 2. The maximum atomic E-state index is 12.7. The summed E-state index contributed by atoms with van der Waals surface area (Å²) in [5, 5.41) is 3.33. The first-order chi connectivity index (χ1) is 10.5. The molecule has 0 spiro atoms. The van der Waals surface area contributed by atoms with Gasteiger partial charge in [0.05, 0.1) is 6.10 Å². The second kappa shape index (κ2) is 5.89. The Morgan fingerprint density at radius 1 is 1.45 bits per heavy atom. The summed E-state index contributed by atoms with van der Waals surface area (Å²) in [6.45, 7) is 2.86. The van der Waals surface area contributed by atoms with E-state index in [0.717, 1.165) is 19.4 Å². The van der Waals surface area contributed by atoms with E-state index in [2.05, 4.69) is 5.32 Å². The Kier molecular flexibility index (Phi) is 4.10. The van der Waals surface area contributed by atoms with Gasteiger partial charge in [-0.1, -0.05) is 23.7 Å². The number of nitrogens with zero attached hydrogens (tertiary/aromatic N) is 1. The van der Waals surface area contributed by atoms with Crippen molar-refractivity contribution in [2.75, 3.05) is 13.2 Å². The van der Waals surface area contributed by atoms with Gasteiger partial charge in [-0.3, -0.25) is 9.69 Å². The number of hydrogen-bond donors (Lipinski definition) is 1. The monoisotopic (exact) mass is 322 g/mol. The SMILES string of the molecule is C[C@@]1(c2cccc(Cl)c2)NC(=O)N(CC[C@@H]2CCCO2)C1=O. The van der Waals surface area contributed by atoms with Crippen LogP contribution in [0.4, 0.5) is 4.79 Å². The number of halogens is 1. The fourth-order valence-electron chi connectivity index (χ4n) is 3.04. The van der Waals surface area contributed by atoms with Gasteiger partial charge in [0.25, 0.3) is 5.91 Å². The summed E-state index contributed by atoms with van der Waals surface area (Å²) in [5.74, 6) is -0.238. The molecule has 0 bridgehead atoms. The lowest BCUT2D eigenvalue weighted by molar-refractivity contribution is -0.131. The Morgan fingerprint density at radius 3 is 2.95 bits per heavy atom. The lowest BCUT2D eigenvalue weighted by Crippen LogP contribution is -2.41. The molecule has 22 heavy (non-hydrogen) atoms. The average Bonchev–Trinajstić information content (AvgIpc) is 3.06. The van der Waals surface area contributed by atoms with Gasteiger partial charge in [-0.05, 0) is 43.9 Å². The van der Waals surface area contributed by atoms with Crippen LogP contribution in [0.15, 0.2) is 24.3 Å². The number of nitrogens with one attached hydrogen (secondary N) is 1. The number of urea groups is 1. The van der Waals surface area contributed by atoms with Crippen LogP contribution in [0.1, 0.15) is 31.7 Å². The Balaban J connectivity index is 1.75. The molecular formula is C16H19ClN2O3. The average molecular weight is 323 g/mol. The molecule has 2 aliphatic rings. The molecular weight excluding hydrogens is 304 g/mol. The first-order valence-corrected chi connectivity index (χ1v) is 7.90. The second-order valence-electron chi connectivity index (χ2n) is 5.95. The predicted octanol–water partition coefficient (Wildman–Crippen LogP) is 2.68. The topological polar surface area (TPSA) is 58.6 Å². The number of imide groups is 1. The van der Waals surface area contributed by atoms with Crippen LogP contribution in [0.5, 0.6) is 0 Å². The Labute approximate surface area is 134 Å². The van der Waals surface area contributed by atoms with Crippen LogP contribution in [0, 0.1) is 0 Å². The van der Waals surface area contributed by atoms with E-state index in [0.29, 0.717) is 23.6 Å². The van der Waals surface area contributed by atoms with E-state index in [9.17, 15) is 9.59 Å². The minimum absolute atomic E-state index is 0.152. The van der Waals surface area contributed by atoms with E-state index in [1.165, 1.54) is 4.90 Å². The third-order valence-electron chi connectivity index (χ3n) is 4.38. The fraction of sp³-hybridized carbons (Fsp3) is 0.500. The third-order valence-corrected chi connectivity index (χ3v) is 4.61. The first kappa shape index (κ1) is 15.3. The molecule has 1 aromatic carbocycles. The molecule has 3 rings (SSSR count). The van der Waals surface area contributed by atoms with Gasteiger partial charge in [0.15, 0.2) is 0 Å². The maximum absolute atomic E-state index is 12.7. The summed E-state index contributed by atoms with van der Waals surface area (Å²) in [5.41, 5.74) is -0.364. The van der Waals surface area contributed by atoms with Crippen molar-refractivity contribution >= 4 is 23.5 Å². The predicted molar refractivity (Wildman–Crippen MR) is 82.6 cm³/mol. The fourth-order valence-corrected chi connectivity index (χ4v) is 3.23. The van der Waals surface area contributed by atoms with Crippen LogP contribution in [0.2, 0.25) is 5.02 Å². The summed E-state index contributed by atoms with van der Waals surface area (Å²) < 4.78 is 5.55. The Hall–Kier alpha value is -1.59. The zero-order valence-corrected chi connectivity index (χ0v) is 13.2. The summed E-state index contributed by atoms with van der Waals surface area (Å²) >= 11 is 6.00. The molecule has 0 unspecified atom stereocenters. The molecule has 2 aliphatic heterocycles.